The molecule has 2 aromatic carbocycles. The molecule has 0 fully saturated rings. The fourth-order valence-corrected chi connectivity index (χ4v) is 5.29. The number of ether oxygens (including phenoxy) is 1. The Bertz CT molecular complexity index is 1790. The summed E-state index contributed by atoms with van der Waals surface area (Å²) in [6, 6.07) is 15.4. The van der Waals surface area contributed by atoms with E-state index in [0.29, 0.717) is 17.8 Å². The van der Waals surface area contributed by atoms with Crippen molar-refractivity contribution < 1.29 is 22.7 Å². The molecule has 10 heteroatoms. The van der Waals surface area contributed by atoms with E-state index in [1.807, 2.05) is 13.8 Å². The van der Waals surface area contributed by atoms with E-state index in [-0.39, 0.29) is 34.2 Å². The van der Waals surface area contributed by atoms with Crippen molar-refractivity contribution in [3.8, 4) is 5.75 Å². The highest BCUT2D eigenvalue weighted by Crippen LogP contribution is 2.28. The highest BCUT2D eigenvalue weighted by Gasteiger charge is 2.15. The molecule has 0 unspecified atom stereocenters. The minimum Gasteiger partial charge on any atom is -0.426 e. The lowest BCUT2D eigenvalue weighted by molar-refractivity contribution is -0.134. The van der Waals surface area contributed by atoms with Gasteiger partial charge < -0.3 is 4.74 Å². The monoisotopic (exact) mass is 754 g/mol. The standard InChI is InChI=1S/C39H44N4O5S.C3H8.C2H6/c1-3-4-5-6-7-8-9-10-11-12-13-14-15-16-17-18-19-23-39(45)48-37-29-26-34(31-36(37)32(2)44)42-41-33-24-27-35(28-25-33)49(46,47)43-38-22-20-21-30-40-38;1-3-2;1-2/h4-5,7-8,10-11,13-14,16-17,20-22,24-31H,3,6,9,12,15,18-19,23H2,1-2H3,(H,40,43);3H2,1-2H3;1-2H3/b5-4-,8-7-,11-10-,14-13-,17-16-,42-41?;;. The molecular weight excluding hydrogens is 697 g/mol. The number of hydrogen-bond donors (Lipinski definition) is 1. The third-order valence-corrected chi connectivity index (χ3v) is 8.18. The topological polar surface area (TPSA) is 127 Å². The van der Waals surface area contributed by atoms with Crippen LogP contribution >= 0.6 is 0 Å². The molecule has 3 rings (SSSR count). The number of nitrogens with zero attached hydrogens (tertiary/aromatic N) is 3. The first kappa shape index (κ1) is 46.8. The average molecular weight is 755 g/mol. The van der Waals surface area contributed by atoms with E-state index in [4.69, 9.17) is 4.74 Å². The summed E-state index contributed by atoms with van der Waals surface area (Å²) in [7, 11) is -3.82. The number of anilines is 1. The van der Waals surface area contributed by atoms with E-state index < -0.39 is 16.0 Å². The Labute approximate surface area is 323 Å². The first-order chi connectivity index (χ1) is 26.2. The van der Waals surface area contributed by atoms with Crippen LogP contribution in [0.3, 0.4) is 0 Å². The zero-order valence-electron chi connectivity index (χ0n) is 32.8. The van der Waals surface area contributed by atoms with Gasteiger partial charge in [-0.05, 0) is 106 Å². The van der Waals surface area contributed by atoms with Gasteiger partial charge in [0.1, 0.15) is 11.6 Å². The molecule has 0 radical (unpaired) electrons. The van der Waals surface area contributed by atoms with Gasteiger partial charge in [0.15, 0.2) is 5.78 Å². The van der Waals surface area contributed by atoms with Crippen molar-refractivity contribution in [2.45, 2.75) is 104 Å². The fourth-order valence-electron chi connectivity index (χ4n) is 4.28. The van der Waals surface area contributed by atoms with Crippen LogP contribution in [0.25, 0.3) is 0 Å². The second-order valence-corrected chi connectivity index (χ2v) is 13.2. The second-order valence-electron chi connectivity index (χ2n) is 11.5. The normalized spacial score (nSPS) is 11.7. The number of benzene rings is 2. The number of allylic oxidation sites excluding steroid dienone is 10. The molecule has 54 heavy (non-hydrogen) atoms. The molecule has 1 heterocycles. The Kier molecular flexibility index (Phi) is 25.4. The molecule has 1 N–H and O–H groups in total. The lowest BCUT2D eigenvalue weighted by Crippen LogP contribution is -2.13. The maximum atomic E-state index is 12.6. The molecule has 3 aromatic rings. The smallest absolute Gasteiger partial charge is 0.311 e. The van der Waals surface area contributed by atoms with Crippen molar-refractivity contribution in [1.29, 1.82) is 0 Å². The summed E-state index contributed by atoms with van der Waals surface area (Å²) >= 11 is 0. The number of pyridine rings is 1. The Hall–Kier alpha value is -5.22. The molecule has 9 nitrogen and oxygen atoms in total. The van der Waals surface area contributed by atoms with Crippen molar-refractivity contribution in [3.05, 3.63) is 133 Å². The van der Waals surface area contributed by atoms with Crippen LogP contribution in [0.1, 0.15) is 110 Å². The number of sulfonamides is 1. The second kappa shape index (κ2) is 29.3. The number of carbonyl (C=O) groups excluding carboxylic acids is 2. The van der Waals surface area contributed by atoms with Crippen LogP contribution in [-0.2, 0) is 14.8 Å². The highest BCUT2D eigenvalue weighted by atomic mass is 32.2. The number of unbranched alkanes of at least 4 members (excludes halogenated alkanes) is 1. The predicted octanol–water partition coefficient (Wildman–Crippen LogP) is 12.8. The molecule has 0 saturated heterocycles. The molecule has 1 aromatic heterocycles. The van der Waals surface area contributed by atoms with Crippen LogP contribution in [-0.4, -0.2) is 25.2 Å². The first-order valence-electron chi connectivity index (χ1n) is 18.8. The molecule has 0 atom stereocenters. The van der Waals surface area contributed by atoms with E-state index in [9.17, 15) is 18.0 Å². The van der Waals surface area contributed by atoms with Crippen LogP contribution < -0.4 is 9.46 Å². The number of azo groups is 1. The molecular formula is C44H58N4O5S. The number of esters is 1. The number of carbonyl (C=O) groups is 2. The summed E-state index contributed by atoms with van der Waals surface area (Å²) in [5.41, 5.74) is 0.991. The van der Waals surface area contributed by atoms with Crippen LogP contribution in [0.5, 0.6) is 5.75 Å². The van der Waals surface area contributed by atoms with Gasteiger partial charge in [0.25, 0.3) is 10.0 Å². The lowest BCUT2D eigenvalue weighted by Gasteiger charge is -2.08. The van der Waals surface area contributed by atoms with Gasteiger partial charge in [0, 0.05) is 12.6 Å². The number of hydrogen-bond acceptors (Lipinski definition) is 8. The highest BCUT2D eigenvalue weighted by molar-refractivity contribution is 7.92. The van der Waals surface area contributed by atoms with Crippen molar-refractivity contribution in [2.75, 3.05) is 4.72 Å². The maximum Gasteiger partial charge on any atom is 0.311 e. The summed E-state index contributed by atoms with van der Waals surface area (Å²) in [6.45, 7) is 11.8. The molecule has 0 aliphatic rings. The Morgan fingerprint density at radius 1 is 0.741 bits per heavy atom. The number of rotatable bonds is 20. The van der Waals surface area contributed by atoms with Crippen LogP contribution in [0.15, 0.2) is 143 Å². The van der Waals surface area contributed by atoms with Gasteiger partial charge in [-0.25, -0.2) is 13.4 Å². The van der Waals surface area contributed by atoms with E-state index in [1.54, 1.807) is 24.3 Å². The van der Waals surface area contributed by atoms with Crippen molar-refractivity contribution in [2.24, 2.45) is 10.2 Å². The third kappa shape index (κ3) is 20.7. The van der Waals surface area contributed by atoms with Gasteiger partial charge >= 0.3 is 5.97 Å². The van der Waals surface area contributed by atoms with Crippen LogP contribution in [0.4, 0.5) is 17.2 Å². The van der Waals surface area contributed by atoms with Gasteiger partial charge in [-0.3, -0.25) is 14.3 Å². The number of Topliss-reactive ketones (excluding diaryl/α,β-unsaturated/α-hetero) is 1. The molecule has 0 aliphatic heterocycles. The molecule has 0 bridgehead atoms. The zero-order valence-corrected chi connectivity index (χ0v) is 33.6. The number of nitrogens with one attached hydrogen (secondary N) is 1. The predicted molar refractivity (Wildman–Crippen MR) is 223 cm³/mol. The van der Waals surface area contributed by atoms with E-state index in [0.717, 1.165) is 38.5 Å². The van der Waals surface area contributed by atoms with Crippen LogP contribution in [0.2, 0.25) is 0 Å². The lowest BCUT2D eigenvalue weighted by atomic mass is 10.1. The van der Waals surface area contributed by atoms with Gasteiger partial charge in [-0.15, -0.1) is 0 Å². The van der Waals surface area contributed by atoms with Gasteiger partial charge in [-0.1, -0.05) is 108 Å². The summed E-state index contributed by atoms with van der Waals surface area (Å²) < 4.78 is 33.1. The Morgan fingerprint density at radius 3 is 1.81 bits per heavy atom. The zero-order chi connectivity index (χ0) is 39.9. The molecule has 0 saturated carbocycles. The fraction of sp³-hybridized carbons (Fsp3) is 0.341. The molecule has 0 spiro atoms. The summed E-state index contributed by atoms with van der Waals surface area (Å²) in [5, 5.41) is 8.31. The summed E-state index contributed by atoms with van der Waals surface area (Å²) in [5.74, 6) is -0.324. The molecule has 0 amide bonds. The van der Waals surface area contributed by atoms with Crippen molar-refractivity contribution >= 4 is 39.0 Å². The van der Waals surface area contributed by atoms with Crippen molar-refractivity contribution in [1.82, 2.24) is 4.98 Å². The van der Waals surface area contributed by atoms with E-state index in [2.05, 4.69) is 101 Å². The van der Waals surface area contributed by atoms with Gasteiger partial charge in [0.2, 0.25) is 0 Å². The first-order valence-corrected chi connectivity index (χ1v) is 20.2. The Morgan fingerprint density at radius 2 is 1.28 bits per heavy atom. The Balaban J connectivity index is 0.00000277. The van der Waals surface area contributed by atoms with E-state index >= 15 is 0 Å². The largest absolute Gasteiger partial charge is 0.426 e. The minimum absolute atomic E-state index is 0.0417. The SMILES string of the molecule is CC.CC/C=C\C/C=C\C/C=C\C/C=C\C/C=C\CCCC(=O)Oc1ccc(N=Nc2ccc(S(=O)(=O)Nc3ccccn3)cc2)cc1C(C)=O.CCC. The quantitative estimate of drug-likeness (QED) is 0.0305. The van der Waals surface area contributed by atoms with Crippen LogP contribution in [0, 0.1) is 0 Å². The number of ketones is 1. The average Bonchev–Trinajstić information content (AvgIpc) is 3.17. The molecule has 290 valence electrons. The van der Waals surface area contributed by atoms with Gasteiger partial charge in [0.05, 0.1) is 21.8 Å². The summed E-state index contributed by atoms with van der Waals surface area (Å²) in [6.07, 6.45) is 30.5. The van der Waals surface area contributed by atoms with E-state index in [1.165, 1.54) is 55.9 Å². The summed E-state index contributed by atoms with van der Waals surface area (Å²) in [4.78, 5) is 28.8. The molecule has 0 aliphatic carbocycles. The van der Waals surface area contributed by atoms with Crippen molar-refractivity contribution in [3.63, 3.8) is 0 Å². The maximum absolute atomic E-state index is 12.6. The number of aromatic nitrogens is 1. The minimum atomic E-state index is -3.82. The third-order valence-electron chi connectivity index (χ3n) is 6.81. The van der Waals surface area contributed by atoms with Gasteiger partial charge in [-0.2, -0.15) is 10.2 Å².